The van der Waals surface area contributed by atoms with Gasteiger partial charge in [-0.3, -0.25) is 0 Å². The van der Waals surface area contributed by atoms with Gasteiger partial charge in [0.05, 0.1) is 17.0 Å². The largest absolute Gasteiger partial charge is 0.472 e. The lowest BCUT2D eigenvalue weighted by atomic mass is 10.1. The van der Waals surface area contributed by atoms with E-state index in [-0.39, 0.29) is 11.5 Å². The van der Waals surface area contributed by atoms with Crippen molar-refractivity contribution in [1.82, 2.24) is 20.2 Å². The Hall–Kier alpha value is -2.23. The summed E-state index contributed by atoms with van der Waals surface area (Å²) < 4.78 is 27.1. The Bertz CT molecular complexity index is 1070. The van der Waals surface area contributed by atoms with Crippen LogP contribution in [0, 0.1) is 5.82 Å². The van der Waals surface area contributed by atoms with E-state index in [4.69, 9.17) is 14.1 Å². The number of hydrogen-bond donors (Lipinski definition) is 1. The molecule has 0 bridgehead atoms. The fraction of sp³-hybridized carbons (Fsp3) is 0.455. The van der Waals surface area contributed by atoms with Gasteiger partial charge in [-0.15, -0.1) is 0 Å². The Morgan fingerprint density at radius 3 is 2.84 bits per heavy atom. The smallest absolute Gasteiger partial charge is 0.319 e. The highest BCUT2D eigenvalue weighted by molar-refractivity contribution is 9.10. The number of rotatable bonds is 5. The van der Waals surface area contributed by atoms with Gasteiger partial charge < -0.3 is 24.3 Å². The van der Waals surface area contributed by atoms with Gasteiger partial charge in [-0.2, -0.15) is 9.97 Å². The Morgan fingerprint density at radius 2 is 2.13 bits per heavy atom. The zero-order valence-electron chi connectivity index (χ0n) is 17.4. The molecule has 0 aliphatic carbocycles. The van der Waals surface area contributed by atoms with E-state index in [1.807, 2.05) is 12.1 Å². The number of likely N-dealkylation sites (N-methyl/N-ethyl adjacent to an activating group) is 1. The van der Waals surface area contributed by atoms with Crippen LogP contribution in [0.25, 0.3) is 22.0 Å². The van der Waals surface area contributed by atoms with Gasteiger partial charge >= 0.3 is 6.01 Å². The molecule has 0 amide bonds. The number of halogens is 2. The highest BCUT2D eigenvalue weighted by atomic mass is 79.9. The normalized spacial score (nSPS) is 20.0. The molecule has 164 valence electrons. The number of anilines is 1. The molecule has 0 spiro atoms. The topological polar surface area (TPSA) is 66.7 Å². The summed E-state index contributed by atoms with van der Waals surface area (Å²) in [5.74, 6) is 0.285. The van der Waals surface area contributed by atoms with Crippen LogP contribution in [0.1, 0.15) is 12.8 Å². The molecule has 2 aliphatic rings. The first kappa shape index (κ1) is 20.7. The van der Waals surface area contributed by atoms with Crippen molar-refractivity contribution in [2.24, 2.45) is 0 Å². The summed E-state index contributed by atoms with van der Waals surface area (Å²) in [4.78, 5) is 13.7. The monoisotopic (exact) mass is 489 g/mol. The summed E-state index contributed by atoms with van der Waals surface area (Å²) in [5.41, 5.74) is 1.76. The van der Waals surface area contributed by atoms with Crippen molar-refractivity contribution in [3.63, 3.8) is 0 Å². The van der Waals surface area contributed by atoms with Gasteiger partial charge in [0.25, 0.3) is 0 Å². The fourth-order valence-corrected chi connectivity index (χ4v) is 4.87. The molecule has 1 atom stereocenters. The third kappa shape index (κ3) is 4.02. The molecule has 4 heterocycles. The van der Waals surface area contributed by atoms with Crippen molar-refractivity contribution >= 4 is 32.7 Å². The van der Waals surface area contributed by atoms with Crippen molar-refractivity contribution in [2.75, 3.05) is 51.3 Å². The third-order valence-electron chi connectivity index (χ3n) is 6.16. The molecule has 5 rings (SSSR count). The Kier molecular flexibility index (Phi) is 5.81. The summed E-state index contributed by atoms with van der Waals surface area (Å²) in [6, 6.07) is 4.30. The maximum atomic E-state index is 15.5. The SMILES string of the molecule is CN1CCC[C@H]1COc1nc(N2CCNCC2)c2cc(-c3ccoc3)c(Br)c(F)c2n1. The first-order chi connectivity index (χ1) is 15.1. The number of fused-ring (bicyclic) bond motifs is 1. The number of likely N-dealkylation sites (tertiary alicyclic amines) is 1. The van der Waals surface area contributed by atoms with Gasteiger partial charge in [0, 0.05) is 48.7 Å². The average Bonchev–Trinajstić information content (AvgIpc) is 3.47. The highest BCUT2D eigenvalue weighted by Gasteiger charge is 2.25. The summed E-state index contributed by atoms with van der Waals surface area (Å²) in [6.45, 7) is 4.84. The summed E-state index contributed by atoms with van der Waals surface area (Å²) in [7, 11) is 2.10. The van der Waals surface area contributed by atoms with Crippen LogP contribution in [0.2, 0.25) is 0 Å². The van der Waals surface area contributed by atoms with Crippen molar-refractivity contribution in [1.29, 1.82) is 0 Å². The van der Waals surface area contributed by atoms with Gasteiger partial charge in [-0.25, -0.2) is 4.39 Å². The Balaban J connectivity index is 1.59. The molecular weight excluding hydrogens is 465 g/mol. The number of nitrogens with zero attached hydrogens (tertiary/aromatic N) is 4. The first-order valence-electron chi connectivity index (χ1n) is 10.6. The van der Waals surface area contributed by atoms with E-state index >= 15 is 4.39 Å². The van der Waals surface area contributed by atoms with Crippen LogP contribution in [-0.4, -0.2) is 67.3 Å². The Labute approximate surface area is 188 Å². The van der Waals surface area contributed by atoms with Crippen LogP contribution in [0.3, 0.4) is 0 Å². The molecule has 2 saturated heterocycles. The van der Waals surface area contributed by atoms with Crippen LogP contribution < -0.4 is 15.0 Å². The predicted molar refractivity (Wildman–Crippen MR) is 121 cm³/mol. The molecule has 31 heavy (non-hydrogen) atoms. The molecule has 2 fully saturated rings. The molecule has 2 aliphatic heterocycles. The number of ether oxygens (including phenoxy) is 1. The molecule has 1 aromatic carbocycles. The number of nitrogens with one attached hydrogen (secondary N) is 1. The summed E-state index contributed by atoms with van der Waals surface area (Å²) >= 11 is 3.42. The summed E-state index contributed by atoms with van der Waals surface area (Å²) in [6.07, 6.45) is 5.43. The van der Waals surface area contributed by atoms with Crippen molar-refractivity contribution in [3.05, 3.63) is 34.9 Å². The van der Waals surface area contributed by atoms with E-state index in [0.29, 0.717) is 33.9 Å². The zero-order valence-corrected chi connectivity index (χ0v) is 19.0. The molecule has 2 aromatic heterocycles. The van der Waals surface area contributed by atoms with Crippen LogP contribution in [-0.2, 0) is 0 Å². The molecule has 9 heteroatoms. The van der Waals surface area contributed by atoms with Gasteiger partial charge in [-0.1, -0.05) is 0 Å². The molecule has 0 radical (unpaired) electrons. The lowest BCUT2D eigenvalue weighted by Crippen LogP contribution is -2.44. The number of piperazine rings is 1. The van der Waals surface area contributed by atoms with Gasteiger partial charge in [0.2, 0.25) is 0 Å². The van der Waals surface area contributed by atoms with Crippen LogP contribution in [0.5, 0.6) is 6.01 Å². The number of benzene rings is 1. The molecule has 1 N–H and O–H groups in total. The maximum Gasteiger partial charge on any atom is 0.319 e. The average molecular weight is 490 g/mol. The van der Waals surface area contributed by atoms with E-state index in [2.05, 4.69) is 43.1 Å². The quantitative estimate of drug-likeness (QED) is 0.586. The fourth-order valence-electron chi connectivity index (χ4n) is 4.34. The minimum absolute atomic E-state index is 0.225. The lowest BCUT2D eigenvalue weighted by molar-refractivity contribution is 0.188. The van der Waals surface area contributed by atoms with Crippen LogP contribution >= 0.6 is 15.9 Å². The number of hydrogen-bond acceptors (Lipinski definition) is 7. The minimum Gasteiger partial charge on any atom is -0.472 e. The zero-order chi connectivity index (χ0) is 21.4. The van der Waals surface area contributed by atoms with Crippen molar-refractivity contribution in [2.45, 2.75) is 18.9 Å². The van der Waals surface area contributed by atoms with E-state index < -0.39 is 5.82 Å². The van der Waals surface area contributed by atoms with Gasteiger partial charge in [0.15, 0.2) is 5.82 Å². The minimum atomic E-state index is -0.421. The first-order valence-corrected chi connectivity index (χ1v) is 11.4. The lowest BCUT2D eigenvalue weighted by Gasteiger charge is -2.29. The van der Waals surface area contributed by atoms with E-state index in [9.17, 15) is 0 Å². The standard InChI is InChI=1S/C22H25BrFN5O2/c1-28-7-2-3-15(28)13-31-22-26-20-17(21(27-22)29-8-5-25-6-9-29)11-16(18(23)19(20)24)14-4-10-30-12-14/h4,10-12,15,25H,2-3,5-9,13H2,1H3/t15-/m0/s1. The molecule has 0 unspecified atom stereocenters. The maximum absolute atomic E-state index is 15.5. The second-order valence-corrected chi connectivity index (χ2v) is 8.91. The van der Waals surface area contributed by atoms with Crippen LogP contribution in [0.4, 0.5) is 10.2 Å². The van der Waals surface area contributed by atoms with E-state index in [1.165, 1.54) is 0 Å². The second-order valence-electron chi connectivity index (χ2n) is 8.11. The number of aromatic nitrogens is 2. The van der Waals surface area contributed by atoms with Crippen molar-refractivity contribution in [3.8, 4) is 17.1 Å². The third-order valence-corrected chi connectivity index (χ3v) is 6.93. The highest BCUT2D eigenvalue weighted by Crippen LogP contribution is 2.38. The van der Waals surface area contributed by atoms with Gasteiger partial charge in [0.1, 0.15) is 17.9 Å². The van der Waals surface area contributed by atoms with Gasteiger partial charge in [-0.05, 0) is 54.5 Å². The van der Waals surface area contributed by atoms with Crippen molar-refractivity contribution < 1.29 is 13.5 Å². The summed E-state index contributed by atoms with van der Waals surface area (Å²) in [5, 5.41) is 4.02. The molecule has 3 aromatic rings. The number of furan rings is 1. The molecule has 7 nitrogen and oxygen atoms in total. The second kappa shape index (κ2) is 8.72. The molecule has 0 saturated carbocycles. The van der Waals surface area contributed by atoms with E-state index in [0.717, 1.165) is 51.1 Å². The molecular formula is C22H25BrFN5O2. The predicted octanol–water partition coefficient (Wildman–Crippen LogP) is 3.67. The van der Waals surface area contributed by atoms with E-state index in [1.54, 1.807) is 12.5 Å². The van der Waals surface area contributed by atoms with Crippen LogP contribution in [0.15, 0.2) is 33.5 Å². The Morgan fingerprint density at radius 1 is 1.29 bits per heavy atom.